The molecule has 2 aromatic rings. The van der Waals surface area contributed by atoms with Gasteiger partial charge in [0.2, 0.25) is 5.91 Å². The minimum atomic E-state index is -0.503. The first-order valence-electron chi connectivity index (χ1n) is 10.7. The Morgan fingerprint density at radius 1 is 1.13 bits per heavy atom. The molecule has 0 spiro atoms. The number of amides is 1. The van der Waals surface area contributed by atoms with Gasteiger partial charge in [-0.3, -0.25) is 4.79 Å². The van der Waals surface area contributed by atoms with E-state index in [2.05, 4.69) is 48.2 Å². The van der Waals surface area contributed by atoms with E-state index in [1.165, 1.54) is 0 Å². The zero-order valence-corrected chi connectivity index (χ0v) is 19.2. The number of carbonyl (C=O) groups is 1. The monoisotopic (exact) mass is 472 g/mol. The molecular weight excluding hydrogens is 444 g/mol. The number of carbonyl (C=O) groups excluding carboxylic acids is 1. The van der Waals surface area contributed by atoms with Gasteiger partial charge in [-0.25, -0.2) is 9.97 Å². The molecule has 1 N–H and O–H groups in total. The SMILES string of the molecule is Cc1cc(N2CCC(NC(=O)C3(c4ccc(Br)cc4)CCOCC3)CC2)nc(C)n1. The summed E-state index contributed by atoms with van der Waals surface area (Å²) < 4.78 is 6.61. The summed E-state index contributed by atoms with van der Waals surface area (Å²) in [5.74, 6) is 1.93. The molecule has 0 unspecified atom stereocenters. The Morgan fingerprint density at radius 3 is 2.43 bits per heavy atom. The smallest absolute Gasteiger partial charge is 0.231 e. The third kappa shape index (κ3) is 4.52. The molecule has 2 saturated heterocycles. The first-order valence-corrected chi connectivity index (χ1v) is 11.5. The minimum Gasteiger partial charge on any atom is -0.381 e. The summed E-state index contributed by atoms with van der Waals surface area (Å²) in [6, 6.07) is 10.4. The maximum atomic E-state index is 13.5. The number of hydrogen-bond acceptors (Lipinski definition) is 5. The number of benzene rings is 1. The second kappa shape index (κ2) is 9.02. The van der Waals surface area contributed by atoms with E-state index in [0.717, 1.165) is 66.1 Å². The molecule has 1 aromatic carbocycles. The van der Waals surface area contributed by atoms with Crippen molar-refractivity contribution in [3.8, 4) is 0 Å². The molecule has 0 saturated carbocycles. The zero-order valence-electron chi connectivity index (χ0n) is 17.7. The number of halogens is 1. The third-order valence-corrected chi connectivity index (χ3v) is 6.81. The quantitative estimate of drug-likeness (QED) is 0.734. The lowest BCUT2D eigenvalue weighted by Gasteiger charge is -2.39. The van der Waals surface area contributed by atoms with Gasteiger partial charge in [0, 0.05) is 48.6 Å². The zero-order chi connectivity index (χ0) is 21.1. The lowest BCUT2D eigenvalue weighted by Crippen LogP contribution is -2.53. The Morgan fingerprint density at radius 2 is 1.80 bits per heavy atom. The number of aromatic nitrogens is 2. The van der Waals surface area contributed by atoms with Crippen molar-refractivity contribution in [3.05, 3.63) is 51.9 Å². The highest BCUT2D eigenvalue weighted by Crippen LogP contribution is 2.36. The summed E-state index contributed by atoms with van der Waals surface area (Å²) in [6.45, 7) is 6.94. The van der Waals surface area contributed by atoms with E-state index in [1.54, 1.807) is 0 Å². The normalized spacial score (nSPS) is 19.5. The molecule has 6 nitrogen and oxygen atoms in total. The Bertz CT molecular complexity index is 868. The fraction of sp³-hybridized carbons (Fsp3) is 0.522. The largest absolute Gasteiger partial charge is 0.381 e. The summed E-state index contributed by atoms with van der Waals surface area (Å²) in [6.07, 6.45) is 3.28. The number of anilines is 1. The fourth-order valence-electron chi connectivity index (χ4n) is 4.57. The number of aryl methyl sites for hydroxylation is 2. The van der Waals surface area contributed by atoms with E-state index >= 15 is 0 Å². The van der Waals surface area contributed by atoms with Crippen molar-refractivity contribution in [3.63, 3.8) is 0 Å². The van der Waals surface area contributed by atoms with Crippen molar-refractivity contribution in [1.29, 1.82) is 0 Å². The highest BCUT2D eigenvalue weighted by atomic mass is 79.9. The molecule has 0 atom stereocenters. The lowest BCUT2D eigenvalue weighted by atomic mass is 9.73. The average molecular weight is 473 g/mol. The molecule has 1 aromatic heterocycles. The van der Waals surface area contributed by atoms with Crippen molar-refractivity contribution in [2.24, 2.45) is 0 Å². The molecule has 0 radical (unpaired) electrons. The van der Waals surface area contributed by atoms with Crippen molar-refractivity contribution in [2.75, 3.05) is 31.2 Å². The summed E-state index contributed by atoms with van der Waals surface area (Å²) in [4.78, 5) is 24.8. The van der Waals surface area contributed by atoms with E-state index in [0.29, 0.717) is 13.2 Å². The van der Waals surface area contributed by atoms with Crippen LogP contribution in [0.15, 0.2) is 34.8 Å². The van der Waals surface area contributed by atoms with Crippen molar-refractivity contribution >= 4 is 27.7 Å². The maximum absolute atomic E-state index is 13.5. The van der Waals surface area contributed by atoms with Crippen LogP contribution in [0.1, 0.15) is 42.8 Å². The van der Waals surface area contributed by atoms with Gasteiger partial charge in [-0.1, -0.05) is 28.1 Å². The number of nitrogens with one attached hydrogen (secondary N) is 1. The van der Waals surface area contributed by atoms with Crippen LogP contribution in [0.2, 0.25) is 0 Å². The van der Waals surface area contributed by atoms with E-state index < -0.39 is 5.41 Å². The van der Waals surface area contributed by atoms with Crippen molar-refractivity contribution in [1.82, 2.24) is 15.3 Å². The van der Waals surface area contributed by atoms with Crippen LogP contribution in [0.3, 0.4) is 0 Å². The van der Waals surface area contributed by atoms with E-state index in [4.69, 9.17) is 4.74 Å². The van der Waals surface area contributed by atoms with Crippen LogP contribution in [0.4, 0.5) is 5.82 Å². The molecule has 2 aliphatic heterocycles. The third-order valence-electron chi connectivity index (χ3n) is 6.28. The van der Waals surface area contributed by atoms with Gasteiger partial charge in [0.05, 0.1) is 5.41 Å². The standard InChI is InChI=1S/C23H29BrN4O2/c1-16-15-21(26-17(2)25-16)28-11-7-20(8-12-28)27-22(29)23(9-13-30-14-10-23)18-3-5-19(24)6-4-18/h3-6,15,20H,7-14H2,1-2H3,(H,27,29). The Kier molecular flexibility index (Phi) is 6.39. The number of rotatable bonds is 4. The molecule has 7 heteroatoms. The predicted molar refractivity (Wildman–Crippen MR) is 121 cm³/mol. The molecule has 30 heavy (non-hydrogen) atoms. The molecule has 0 aliphatic carbocycles. The fourth-order valence-corrected chi connectivity index (χ4v) is 4.84. The highest BCUT2D eigenvalue weighted by Gasteiger charge is 2.42. The number of ether oxygens (including phenoxy) is 1. The van der Waals surface area contributed by atoms with Gasteiger partial charge in [-0.05, 0) is 57.2 Å². The molecule has 1 amide bonds. The summed E-state index contributed by atoms with van der Waals surface area (Å²) in [5.41, 5.74) is 1.57. The first kappa shape index (κ1) is 21.2. The first-order chi connectivity index (χ1) is 14.5. The van der Waals surface area contributed by atoms with Crippen LogP contribution in [0.5, 0.6) is 0 Å². The van der Waals surface area contributed by atoms with Crippen LogP contribution in [-0.4, -0.2) is 48.2 Å². The molecule has 160 valence electrons. The number of nitrogens with zero attached hydrogens (tertiary/aromatic N) is 3. The van der Waals surface area contributed by atoms with Crippen LogP contribution in [0.25, 0.3) is 0 Å². The average Bonchev–Trinajstić information content (AvgIpc) is 2.74. The van der Waals surface area contributed by atoms with Crippen LogP contribution in [-0.2, 0) is 14.9 Å². The summed E-state index contributed by atoms with van der Waals surface area (Å²) in [7, 11) is 0. The second-order valence-electron chi connectivity index (χ2n) is 8.35. The van der Waals surface area contributed by atoms with Crippen LogP contribution in [0, 0.1) is 13.8 Å². The van der Waals surface area contributed by atoms with Crippen molar-refractivity contribution in [2.45, 2.75) is 51.0 Å². The molecule has 4 rings (SSSR count). The minimum absolute atomic E-state index is 0.139. The molecule has 2 fully saturated rings. The van der Waals surface area contributed by atoms with Gasteiger partial charge in [0.1, 0.15) is 11.6 Å². The predicted octanol–water partition coefficient (Wildman–Crippen LogP) is 3.69. The van der Waals surface area contributed by atoms with Gasteiger partial charge in [0.15, 0.2) is 0 Å². The highest BCUT2D eigenvalue weighted by molar-refractivity contribution is 9.10. The Balaban J connectivity index is 1.43. The number of piperidine rings is 1. The molecule has 2 aliphatic rings. The van der Waals surface area contributed by atoms with Gasteiger partial charge in [-0.15, -0.1) is 0 Å². The summed E-state index contributed by atoms with van der Waals surface area (Å²) >= 11 is 3.50. The topological polar surface area (TPSA) is 67.4 Å². The molecular formula is C23H29BrN4O2. The maximum Gasteiger partial charge on any atom is 0.231 e. The van der Waals surface area contributed by atoms with E-state index in [9.17, 15) is 4.79 Å². The van der Waals surface area contributed by atoms with Crippen LogP contribution >= 0.6 is 15.9 Å². The van der Waals surface area contributed by atoms with E-state index in [-0.39, 0.29) is 11.9 Å². The number of hydrogen-bond donors (Lipinski definition) is 1. The lowest BCUT2D eigenvalue weighted by molar-refractivity contribution is -0.131. The molecule has 0 bridgehead atoms. The Hall–Kier alpha value is -1.99. The summed E-state index contributed by atoms with van der Waals surface area (Å²) in [5, 5.41) is 3.37. The molecule has 3 heterocycles. The van der Waals surface area contributed by atoms with Crippen LogP contribution < -0.4 is 10.2 Å². The van der Waals surface area contributed by atoms with Gasteiger partial charge < -0.3 is 15.0 Å². The van der Waals surface area contributed by atoms with Gasteiger partial charge in [0.25, 0.3) is 0 Å². The van der Waals surface area contributed by atoms with E-state index in [1.807, 2.05) is 32.0 Å². The van der Waals surface area contributed by atoms with Gasteiger partial charge >= 0.3 is 0 Å². The van der Waals surface area contributed by atoms with Crippen molar-refractivity contribution < 1.29 is 9.53 Å². The second-order valence-corrected chi connectivity index (χ2v) is 9.27. The Labute approximate surface area is 186 Å². The van der Waals surface area contributed by atoms with Gasteiger partial charge in [-0.2, -0.15) is 0 Å².